The molecule has 1 N–H and O–H groups in total. The lowest BCUT2D eigenvalue weighted by Crippen LogP contribution is -1.97. The van der Waals surface area contributed by atoms with Crippen LogP contribution in [0.3, 0.4) is 0 Å². The van der Waals surface area contributed by atoms with E-state index in [0.29, 0.717) is 11.4 Å². The molecular weight excluding hydrogens is 222 g/mol. The summed E-state index contributed by atoms with van der Waals surface area (Å²) in [5.74, 6) is 0.619. The fourth-order valence-electron chi connectivity index (χ4n) is 1.80. The molecule has 0 aliphatic rings. The van der Waals surface area contributed by atoms with Crippen LogP contribution in [-0.2, 0) is 0 Å². The Bertz CT molecular complexity index is 624. The van der Waals surface area contributed by atoms with E-state index in [-0.39, 0.29) is 0 Å². The zero-order valence-corrected chi connectivity index (χ0v) is 10.8. The number of hydrogen-bond donors (Lipinski definition) is 1. The molecule has 0 saturated heterocycles. The molecule has 18 heavy (non-hydrogen) atoms. The van der Waals surface area contributed by atoms with E-state index in [4.69, 9.17) is 5.26 Å². The Morgan fingerprint density at radius 3 is 2.50 bits per heavy atom. The molecule has 0 saturated carbocycles. The summed E-state index contributed by atoms with van der Waals surface area (Å²) in [7, 11) is 1.77. The van der Waals surface area contributed by atoms with Crippen LogP contribution in [0.25, 0.3) is 11.3 Å². The highest BCUT2D eigenvalue weighted by molar-refractivity contribution is 5.65. The molecule has 90 valence electrons. The second-order valence-electron chi connectivity index (χ2n) is 4.25. The molecule has 0 amide bonds. The maximum atomic E-state index is 8.96. The number of nitrogens with one attached hydrogen (secondary N) is 1. The van der Waals surface area contributed by atoms with Crippen molar-refractivity contribution in [1.29, 1.82) is 5.26 Å². The first-order valence-electron chi connectivity index (χ1n) is 5.82. The SMILES string of the molecule is CNc1nc(-c2ccc(C)c(C)c2)ccc1C#N. The average Bonchev–Trinajstić information content (AvgIpc) is 2.41. The van der Waals surface area contributed by atoms with E-state index in [2.05, 4.69) is 48.4 Å². The van der Waals surface area contributed by atoms with Gasteiger partial charge in [-0.2, -0.15) is 5.26 Å². The third-order valence-corrected chi connectivity index (χ3v) is 3.06. The molecule has 1 aromatic carbocycles. The highest BCUT2D eigenvalue weighted by Crippen LogP contribution is 2.23. The van der Waals surface area contributed by atoms with Crippen molar-refractivity contribution in [3.8, 4) is 17.3 Å². The minimum absolute atomic E-state index is 0.560. The normalized spacial score (nSPS) is 9.89. The number of hydrogen-bond acceptors (Lipinski definition) is 3. The van der Waals surface area contributed by atoms with Crippen LogP contribution in [0.1, 0.15) is 16.7 Å². The van der Waals surface area contributed by atoms with Gasteiger partial charge >= 0.3 is 0 Å². The Labute approximate surface area is 107 Å². The van der Waals surface area contributed by atoms with Crippen LogP contribution in [0.2, 0.25) is 0 Å². The standard InChI is InChI=1S/C15H15N3/c1-10-4-5-12(8-11(10)2)14-7-6-13(9-16)15(17-3)18-14/h4-8H,1-3H3,(H,17,18). The third-order valence-electron chi connectivity index (χ3n) is 3.06. The fourth-order valence-corrected chi connectivity index (χ4v) is 1.80. The predicted molar refractivity (Wildman–Crippen MR) is 73.4 cm³/mol. The number of nitrogens with zero attached hydrogens (tertiary/aromatic N) is 2. The molecular formula is C15H15N3. The van der Waals surface area contributed by atoms with Gasteiger partial charge in [0.15, 0.2) is 0 Å². The predicted octanol–water partition coefficient (Wildman–Crippen LogP) is 3.28. The molecule has 3 heteroatoms. The first-order valence-corrected chi connectivity index (χ1v) is 5.82. The molecule has 0 aliphatic heterocycles. The van der Waals surface area contributed by atoms with Crippen molar-refractivity contribution < 1.29 is 0 Å². The van der Waals surface area contributed by atoms with Gasteiger partial charge in [-0.25, -0.2) is 4.98 Å². The van der Waals surface area contributed by atoms with Crippen LogP contribution in [0.5, 0.6) is 0 Å². The lowest BCUT2D eigenvalue weighted by molar-refractivity contribution is 1.26. The molecule has 0 aliphatic carbocycles. The van der Waals surface area contributed by atoms with Crippen molar-refractivity contribution in [2.75, 3.05) is 12.4 Å². The van der Waals surface area contributed by atoms with Crippen molar-refractivity contribution >= 4 is 5.82 Å². The molecule has 0 atom stereocenters. The van der Waals surface area contributed by atoms with Crippen LogP contribution < -0.4 is 5.32 Å². The highest BCUT2D eigenvalue weighted by atomic mass is 15.0. The molecule has 1 aromatic heterocycles. The van der Waals surface area contributed by atoms with Crippen molar-refractivity contribution in [3.63, 3.8) is 0 Å². The Hall–Kier alpha value is -2.34. The summed E-state index contributed by atoms with van der Waals surface area (Å²) in [5.41, 5.74) is 5.01. The summed E-state index contributed by atoms with van der Waals surface area (Å²) in [6, 6.07) is 12.0. The van der Waals surface area contributed by atoms with Crippen molar-refractivity contribution in [2.45, 2.75) is 13.8 Å². The van der Waals surface area contributed by atoms with Crippen LogP contribution in [0, 0.1) is 25.2 Å². The topological polar surface area (TPSA) is 48.7 Å². The Morgan fingerprint density at radius 1 is 1.11 bits per heavy atom. The smallest absolute Gasteiger partial charge is 0.144 e. The second kappa shape index (κ2) is 4.89. The van der Waals surface area contributed by atoms with Gasteiger partial charge in [0.2, 0.25) is 0 Å². The van der Waals surface area contributed by atoms with Gasteiger partial charge in [0.25, 0.3) is 0 Å². The number of aryl methyl sites for hydroxylation is 2. The van der Waals surface area contributed by atoms with Crippen LogP contribution in [-0.4, -0.2) is 12.0 Å². The number of nitriles is 1. The fraction of sp³-hybridized carbons (Fsp3) is 0.200. The molecule has 0 unspecified atom stereocenters. The molecule has 0 spiro atoms. The van der Waals surface area contributed by atoms with E-state index in [1.807, 2.05) is 6.07 Å². The Morgan fingerprint density at radius 2 is 1.89 bits per heavy atom. The molecule has 3 nitrogen and oxygen atoms in total. The van der Waals surface area contributed by atoms with Crippen molar-refractivity contribution in [1.82, 2.24) is 4.98 Å². The van der Waals surface area contributed by atoms with E-state index in [9.17, 15) is 0 Å². The van der Waals surface area contributed by atoms with Gasteiger partial charge in [0, 0.05) is 12.6 Å². The van der Waals surface area contributed by atoms with Crippen LogP contribution in [0.15, 0.2) is 30.3 Å². The maximum Gasteiger partial charge on any atom is 0.144 e. The van der Waals surface area contributed by atoms with Gasteiger partial charge in [-0.3, -0.25) is 0 Å². The van der Waals surface area contributed by atoms with E-state index in [1.165, 1.54) is 11.1 Å². The molecule has 0 bridgehead atoms. The Kier molecular flexibility index (Phi) is 3.29. The summed E-state index contributed by atoms with van der Waals surface area (Å²) < 4.78 is 0. The van der Waals surface area contributed by atoms with E-state index in [0.717, 1.165) is 11.3 Å². The van der Waals surface area contributed by atoms with E-state index < -0.39 is 0 Å². The zero-order chi connectivity index (χ0) is 13.1. The first-order chi connectivity index (χ1) is 8.65. The van der Waals surface area contributed by atoms with Gasteiger partial charge in [-0.1, -0.05) is 12.1 Å². The number of pyridine rings is 1. The van der Waals surface area contributed by atoms with Gasteiger partial charge in [-0.05, 0) is 43.2 Å². The average molecular weight is 237 g/mol. The maximum absolute atomic E-state index is 8.96. The molecule has 2 rings (SSSR count). The molecule has 2 aromatic rings. The van der Waals surface area contributed by atoms with E-state index in [1.54, 1.807) is 13.1 Å². The highest BCUT2D eigenvalue weighted by Gasteiger charge is 2.06. The van der Waals surface area contributed by atoms with Crippen LogP contribution in [0.4, 0.5) is 5.82 Å². The monoisotopic (exact) mass is 237 g/mol. The molecule has 0 radical (unpaired) electrons. The van der Waals surface area contributed by atoms with E-state index >= 15 is 0 Å². The van der Waals surface area contributed by atoms with Gasteiger partial charge in [-0.15, -0.1) is 0 Å². The number of rotatable bonds is 2. The summed E-state index contributed by atoms with van der Waals surface area (Å²) in [5, 5.41) is 11.9. The van der Waals surface area contributed by atoms with Gasteiger partial charge in [0.1, 0.15) is 11.9 Å². The van der Waals surface area contributed by atoms with Gasteiger partial charge in [0.05, 0.1) is 11.3 Å². The number of anilines is 1. The van der Waals surface area contributed by atoms with Crippen molar-refractivity contribution in [2.24, 2.45) is 0 Å². The largest absolute Gasteiger partial charge is 0.372 e. The lowest BCUT2D eigenvalue weighted by atomic mass is 10.0. The quantitative estimate of drug-likeness (QED) is 0.872. The second-order valence-corrected chi connectivity index (χ2v) is 4.25. The number of benzene rings is 1. The summed E-state index contributed by atoms with van der Waals surface area (Å²) >= 11 is 0. The van der Waals surface area contributed by atoms with Gasteiger partial charge < -0.3 is 5.32 Å². The Balaban J connectivity index is 2.51. The first kappa shape index (κ1) is 12.1. The molecule has 1 heterocycles. The lowest BCUT2D eigenvalue weighted by Gasteiger charge is -2.08. The number of aromatic nitrogens is 1. The third kappa shape index (κ3) is 2.18. The van der Waals surface area contributed by atoms with Crippen molar-refractivity contribution in [3.05, 3.63) is 47.0 Å². The van der Waals surface area contributed by atoms with Crippen LogP contribution >= 0.6 is 0 Å². The zero-order valence-electron chi connectivity index (χ0n) is 10.8. The minimum Gasteiger partial charge on any atom is -0.372 e. The molecule has 0 fully saturated rings. The summed E-state index contributed by atoms with van der Waals surface area (Å²) in [4.78, 5) is 4.47. The minimum atomic E-state index is 0.560. The summed E-state index contributed by atoms with van der Waals surface area (Å²) in [6.07, 6.45) is 0. The summed E-state index contributed by atoms with van der Waals surface area (Å²) in [6.45, 7) is 4.17.